The molecule has 0 aliphatic rings. The fourth-order valence-electron chi connectivity index (χ4n) is 3.39. The standard InChI is InChI=1S/C25H21BrN2O3/c1-3-30-22-14-23-20(21(15-31-23)17-7-6-8-18(26)12-17)13-19(22)16(2)11-25(29)28-24-9-4-5-10-27-24/h4-15H,3H2,1-2H3,(H,27,28,29)/b16-11+. The van der Waals surface area contributed by atoms with Gasteiger partial charge in [-0.2, -0.15) is 0 Å². The van der Waals surface area contributed by atoms with Gasteiger partial charge in [0.15, 0.2) is 0 Å². The number of aromatic nitrogens is 1. The van der Waals surface area contributed by atoms with Gasteiger partial charge in [-0.1, -0.05) is 34.1 Å². The number of pyridine rings is 1. The molecule has 0 fully saturated rings. The van der Waals surface area contributed by atoms with E-state index in [-0.39, 0.29) is 5.91 Å². The predicted octanol–water partition coefficient (Wildman–Crippen LogP) is 6.70. The molecule has 0 aliphatic carbocycles. The molecule has 2 heterocycles. The Morgan fingerprint density at radius 2 is 2.06 bits per heavy atom. The summed E-state index contributed by atoms with van der Waals surface area (Å²) in [7, 11) is 0. The average molecular weight is 477 g/mol. The summed E-state index contributed by atoms with van der Waals surface area (Å²) in [6.45, 7) is 4.32. The van der Waals surface area contributed by atoms with Crippen LogP contribution in [0.1, 0.15) is 19.4 Å². The normalized spacial score (nSPS) is 11.5. The number of ether oxygens (including phenoxy) is 1. The highest BCUT2D eigenvalue weighted by molar-refractivity contribution is 9.10. The summed E-state index contributed by atoms with van der Waals surface area (Å²) >= 11 is 3.53. The number of fused-ring (bicyclic) bond motifs is 1. The van der Waals surface area contributed by atoms with Gasteiger partial charge in [-0.25, -0.2) is 4.98 Å². The van der Waals surface area contributed by atoms with Crippen molar-refractivity contribution in [2.24, 2.45) is 0 Å². The van der Waals surface area contributed by atoms with Crippen molar-refractivity contribution in [1.82, 2.24) is 4.98 Å². The minimum atomic E-state index is -0.252. The molecule has 0 bridgehead atoms. The maximum atomic E-state index is 12.5. The van der Waals surface area contributed by atoms with E-state index in [2.05, 4.69) is 26.2 Å². The second kappa shape index (κ2) is 9.18. The summed E-state index contributed by atoms with van der Waals surface area (Å²) in [6, 6.07) is 17.3. The lowest BCUT2D eigenvalue weighted by Gasteiger charge is -2.12. The van der Waals surface area contributed by atoms with Crippen LogP contribution in [-0.4, -0.2) is 17.5 Å². The molecule has 5 nitrogen and oxygen atoms in total. The van der Waals surface area contributed by atoms with Crippen LogP contribution in [0, 0.1) is 0 Å². The number of carbonyl (C=O) groups is 1. The summed E-state index contributed by atoms with van der Waals surface area (Å²) in [5.74, 6) is 0.923. The van der Waals surface area contributed by atoms with Gasteiger partial charge in [0.2, 0.25) is 5.91 Å². The molecular weight excluding hydrogens is 456 g/mol. The maximum Gasteiger partial charge on any atom is 0.249 e. The summed E-state index contributed by atoms with van der Waals surface area (Å²) in [5, 5.41) is 3.73. The van der Waals surface area contributed by atoms with E-state index in [4.69, 9.17) is 9.15 Å². The largest absolute Gasteiger partial charge is 0.493 e. The fourth-order valence-corrected chi connectivity index (χ4v) is 3.79. The molecule has 156 valence electrons. The van der Waals surface area contributed by atoms with Crippen LogP contribution in [0.25, 0.3) is 27.7 Å². The maximum absolute atomic E-state index is 12.5. The minimum absolute atomic E-state index is 0.252. The highest BCUT2D eigenvalue weighted by atomic mass is 79.9. The fraction of sp³-hybridized carbons (Fsp3) is 0.120. The van der Waals surface area contributed by atoms with Gasteiger partial charge in [0.25, 0.3) is 0 Å². The van der Waals surface area contributed by atoms with Crippen LogP contribution in [0.15, 0.2) is 82.0 Å². The average Bonchev–Trinajstić information content (AvgIpc) is 3.17. The topological polar surface area (TPSA) is 64.4 Å². The summed E-state index contributed by atoms with van der Waals surface area (Å²) in [6.07, 6.45) is 4.94. The molecule has 4 aromatic rings. The molecule has 0 saturated carbocycles. The summed E-state index contributed by atoms with van der Waals surface area (Å²) < 4.78 is 12.7. The Bertz CT molecular complexity index is 1260. The van der Waals surface area contributed by atoms with Crippen molar-refractivity contribution in [3.05, 3.63) is 83.2 Å². The number of benzene rings is 2. The Labute approximate surface area is 188 Å². The van der Waals surface area contributed by atoms with E-state index in [1.54, 1.807) is 30.7 Å². The number of allylic oxidation sites excluding steroid dienone is 1. The monoisotopic (exact) mass is 476 g/mol. The molecular formula is C25H21BrN2O3. The van der Waals surface area contributed by atoms with Crippen molar-refractivity contribution in [1.29, 1.82) is 0 Å². The van der Waals surface area contributed by atoms with E-state index in [9.17, 15) is 4.79 Å². The van der Waals surface area contributed by atoms with Crippen molar-refractivity contribution in [2.75, 3.05) is 11.9 Å². The molecule has 4 rings (SSSR count). The number of rotatable bonds is 6. The molecule has 2 aromatic heterocycles. The van der Waals surface area contributed by atoms with Gasteiger partial charge < -0.3 is 14.5 Å². The summed E-state index contributed by atoms with van der Waals surface area (Å²) in [5.41, 5.74) is 4.36. The third kappa shape index (κ3) is 4.70. The molecule has 31 heavy (non-hydrogen) atoms. The van der Waals surface area contributed by atoms with Crippen LogP contribution < -0.4 is 10.1 Å². The Kier molecular flexibility index (Phi) is 6.18. The first-order chi connectivity index (χ1) is 15.0. The van der Waals surface area contributed by atoms with Crippen LogP contribution in [-0.2, 0) is 4.79 Å². The zero-order chi connectivity index (χ0) is 21.8. The van der Waals surface area contributed by atoms with Crippen molar-refractivity contribution < 1.29 is 13.9 Å². The Hall–Kier alpha value is -3.38. The van der Waals surface area contributed by atoms with Gasteiger partial charge in [-0.3, -0.25) is 4.79 Å². The first-order valence-electron chi connectivity index (χ1n) is 9.90. The molecule has 0 saturated heterocycles. The highest BCUT2D eigenvalue weighted by Crippen LogP contribution is 2.38. The van der Waals surface area contributed by atoms with E-state index >= 15 is 0 Å². The number of amides is 1. The van der Waals surface area contributed by atoms with Gasteiger partial charge in [0, 0.05) is 39.3 Å². The van der Waals surface area contributed by atoms with Gasteiger partial charge in [0.1, 0.15) is 17.2 Å². The zero-order valence-electron chi connectivity index (χ0n) is 17.2. The summed E-state index contributed by atoms with van der Waals surface area (Å²) in [4.78, 5) is 16.6. The predicted molar refractivity (Wildman–Crippen MR) is 127 cm³/mol. The number of nitrogens with zero attached hydrogens (tertiary/aromatic N) is 1. The Morgan fingerprint density at radius 1 is 1.19 bits per heavy atom. The molecule has 6 heteroatoms. The number of furan rings is 1. The number of carbonyl (C=O) groups excluding carboxylic acids is 1. The molecule has 1 N–H and O–H groups in total. The first kappa shape index (κ1) is 20.9. The third-order valence-corrected chi connectivity index (χ3v) is 5.29. The van der Waals surface area contributed by atoms with Crippen LogP contribution in [0.3, 0.4) is 0 Å². The van der Waals surface area contributed by atoms with E-state index in [1.165, 1.54) is 0 Å². The number of hydrogen-bond donors (Lipinski definition) is 1. The number of anilines is 1. The van der Waals surface area contributed by atoms with E-state index in [0.29, 0.717) is 18.2 Å². The van der Waals surface area contributed by atoms with Crippen LogP contribution >= 0.6 is 15.9 Å². The molecule has 2 aromatic carbocycles. The van der Waals surface area contributed by atoms with Crippen molar-refractivity contribution in [3.63, 3.8) is 0 Å². The minimum Gasteiger partial charge on any atom is -0.493 e. The molecule has 0 atom stereocenters. The Morgan fingerprint density at radius 3 is 2.81 bits per heavy atom. The zero-order valence-corrected chi connectivity index (χ0v) is 18.8. The number of halogens is 1. The van der Waals surface area contributed by atoms with Crippen molar-refractivity contribution >= 4 is 44.2 Å². The SMILES string of the molecule is CCOc1cc2occ(-c3cccc(Br)c3)c2cc1/C(C)=C/C(=O)Nc1ccccn1. The van der Waals surface area contributed by atoms with E-state index in [0.717, 1.165) is 37.7 Å². The van der Waals surface area contributed by atoms with E-state index in [1.807, 2.05) is 56.3 Å². The van der Waals surface area contributed by atoms with Crippen LogP contribution in [0.5, 0.6) is 5.75 Å². The van der Waals surface area contributed by atoms with Gasteiger partial charge in [0.05, 0.1) is 12.9 Å². The lowest BCUT2D eigenvalue weighted by molar-refractivity contribution is -0.111. The van der Waals surface area contributed by atoms with Gasteiger partial charge in [-0.05, 0) is 55.3 Å². The smallest absolute Gasteiger partial charge is 0.249 e. The first-order valence-corrected chi connectivity index (χ1v) is 10.7. The lowest BCUT2D eigenvalue weighted by atomic mass is 9.99. The van der Waals surface area contributed by atoms with Crippen molar-refractivity contribution in [3.8, 4) is 16.9 Å². The molecule has 0 radical (unpaired) electrons. The highest BCUT2D eigenvalue weighted by Gasteiger charge is 2.15. The number of nitrogens with one attached hydrogen (secondary N) is 1. The molecule has 0 unspecified atom stereocenters. The third-order valence-electron chi connectivity index (χ3n) is 4.80. The Balaban J connectivity index is 1.75. The van der Waals surface area contributed by atoms with Crippen molar-refractivity contribution in [2.45, 2.75) is 13.8 Å². The van der Waals surface area contributed by atoms with Gasteiger partial charge in [-0.15, -0.1) is 0 Å². The molecule has 0 spiro atoms. The second-order valence-electron chi connectivity index (χ2n) is 6.97. The quantitative estimate of drug-likeness (QED) is 0.314. The second-order valence-corrected chi connectivity index (χ2v) is 7.88. The van der Waals surface area contributed by atoms with Gasteiger partial charge >= 0.3 is 0 Å². The van der Waals surface area contributed by atoms with E-state index < -0.39 is 0 Å². The molecule has 1 amide bonds. The lowest BCUT2D eigenvalue weighted by Crippen LogP contribution is -2.09. The van der Waals surface area contributed by atoms with Crippen LogP contribution in [0.4, 0.5) is 5.82 Å². The van der Waals surface area contributed by atoms with Crippen LogP contribution in [0.2, 0.25) is 0 Å². The number of hydrogen-bond acceptors (Lipinski definition) is 4. The molecule has 0 aliphatic heterocycles.